The van der Waals surface area contributed by atoms with Crippen LogP contribution in [0.15, 0.2) is 102 Å². The number of phenols is 1. The Bertz CT molecular complexity index is 1990. The van der Waals surface area contributed by atoms with E-state index in [9.17, 15) is 19.8 Å². The van der Waals surface area contributed by atoms with E-state index in [0.29, 0.717) is 18.7 Å². The third-order valence-electron chi connectivity index (χ3n) is 8.32. The molecule has 10 heteroatoms. The molecule has 10 nitrogen and oxygen atoms in total. The number of phenolic OH excluding ortho intramolecular Hbond substituents is 1. The van der Waals surface area contributed by atoms with E-state index in [-0.39, 0.29) is 18.1 Å². The van der Waals surface area contributed by atoms with Gasteiger partial charge in [-0.15, -0.1) is 0 Å². The number of H-pyrrole nitrogens is 1. The number of hydrogen-bond acceptors (Lipinski definition) is 6. The van der Waals surface area contributed by atoms with Crippen LogP contribution in [-0.4, -0.2) is 43.4 Å². The normalized spacial score (nSPS) is 12.5. The van der Waals surface area contributed by atoms with Gasteiger partial charge in [-0.05, 0) is 71.0 Å². The number of aromatic amines is 1. The van der Waals surface area contributed by atoms with Crippen molar-refractivity contribution >= 4 is 22.9 Å². The highest BCUT2D eigenvalue weighted by molar-refractivity contribution is 5.86. The average molecular weight is 630 g/mol. The number of fused-ring (bicyclic) bond motifs is 1. The van der Waals surface area contributed by atoms with Crippen LogP contribution < -0.4 is 10.6 Å². The van der Waals surface area contributed by atoms with Crippen LogP contribution in [0.25, 0.3) is 22.0 Å². The summed E-state index contributed by atoms with van der Waals surface area (Å²) in [5.74, 6) is 0.237. The lowest BCUT2D eigenvalue weighted by molar-refractivity contribution is -0.124. The molecule has 0 aliphatic carbocycles. The summed E-state index contributed by atoms with van der Waals surface area (Å²) in [7, 11) is 0. The molecule has 238 valence electrons. The number of benzene rings is 4. The topological polar surface area (TPSA) is 153 Å². The molecule has 2 amide bonds. The van der Waals surface area contributed by atoms with Crippen LogP contribution in [0.2, 0.25) is 0 Å². The molecule has 6 aromatic rings. The summed E-state index contributed by atoms with van der Waals surface area (Å²) >= 11 is 0. The lowest BCUT2D eigenvalue weighted by Crippen LogP contribution is -2.49. The number of aryl methyl sites for hydroxylation is 2. The maximum atomic E-state index is 13.8. The van der Waals surface area contributed by atoms with E-state index in [4.69, 9.17) is 4.52 Å². The predicted molar refractivity (Wildman–Crippen MR) is 178 cm³/mol. The summed E-state index contributed by atoms with van der Waals surface area (Å²) in [5, 5.41) is 30.2. The van der Waals surface area contributed by atoms with Gasteiger partial charge in [0.05, 0.1) is 0 Å². The highest BCUT2D eigenvalue weighted by Crippen LogP contribution is 2.26. The molecule has 0 bridgehead atoms. The number of aromatic nitrogens is 3. The molecule has 47 heavy (non-hydrogen) atoms. The first-order chi connectivity index (χ1) is 22.7. The Morgan fingerprint density at radius 1 is 0.872 bits per heavy atom. The molecule has 0 spiro atoms. The standard InChI is InChI=1S/C37H35N5O5/c1-22-16-28(43)17-23(2)30(22)20-32(40-37(45)46)35(44)39-33(19-27-21-38-31-11-7-6-10-29(27)31)36-41-34(42-47-36)18-24-12-14-26(15-13-24)25-8-4-3-5-9-25/h3-17,21,32-33,38,40,43H,18-20H2,1-2H3,(H,39,44)(H,45,46)/t32?,33-/m0/s1. The highest BCUT2D eigenvalue weighted by Gasteiger charge is 2.29. The minimum absolute atomic E-state index is 0.0872. The van der Waals surface area contributed by atoms with Crippen molar-refractivity contribution < 1.29 is 24.3 Å². The molecular formula is C37H35N5O5. The highest BCUT2D eigenvalue weighted by atomic mass is 16.5. The van der Waals surface area contributed by atoms with E-state index in [1.54, 1.807) is 12.1 Å². The molecule has 0 saturated heterocycles. The van der Waals surface area contributed by atoms with Gasteiger partial charge in [0.15, 0.2) is 5.82 Å². The van der Waals surface area contributed by atoms with Gasteiger partial charge in [0.2, 0.25) is 11.8 Å². The maximum Gasteiger partial charge on any atom is 0.405 e. The van der Waals surface area contributed by atoms with Gasteiger partial charge in [0, 0.05) is 36.4 Å². The van der Waals surface area contributed by atoms with Crippen LogP contribution in [0.3, 0.4) is 0 Å². The molecule has 0 aliphatic rings. The van der Waals surface area contributed by atoms with Crippen molar-refractivity contribution in [3.63, 3.8) is 0 Å². The van der Waals surface area contributed by atoms with Crippen molar-refractivity contribution in [3.8, 4) is 16.9 Å². The van der Waals surface area contributed by atoms with Crippen LogP contribution in [0.4, 0.5) is 4.79 Å². The van der Waals surface area contributed by atoms with Crippen LogP contribution >= 0.6 is 0 Å². The number of hydrogen-bond donors (Lipinski definition) is 5. The number of amides is 2. The molecule has 6 rings (SSSR count). The zero-order valence-electron chi connectivity index (χ0n) is 26.0. The predicted octanol–water partition coefficient (Wildman–Crippen LogP) is 6.41. The number of carbonyl (C=O) groups is 2. The summed E-state index contributed by atoms with van der Waals surface area (Å²) in [5.41, 5.74) is 7.37. The van der Waals surface area contributed by atoms with Gasteiger partial charge in [-0.3, -0.25) is 4.79 Å². The molecule has 0 fully saturated rings. The number of rotatable bonds is 11. The summed E-state index contributed by atoms with van der Waals surface area (Å²) < 4.78 is 5.73. The third kappa shape index (κ3) is 7.33. The zero-order chi connectivity index (χ0) is 32.9. The fourth-order valence-electron chi connectivity index (χ4n) is 5.96. The van der Waals surface area contributed by atoms with Crippen molar-refractivity contribution in [1.29, 1.82) is 0 Å². The van der Waals surface area contributed by atoms with Gasteiger partial charge in [0.1, 0.15) is 17.8 Å². The average Bonchev–Trinajstić information content (AvgIpc) is 3.69. The fourth-order valence-corrected chi connectivity index (χ4v) is 5.96. The van der Waals surface area contributed by atoms with E-state index in [1.807, 2.05) is 74.6 Å². The van der Waals surface area contributed by atoms with Gasteiger partial charge in [-0.2, -0.15) is 4.98 Å². The molecule has 2 atom stereocenters. The van der Waals surface area contributed by atoms with E-state index in [0.717, 1.165) is 49.8 Å². The van der Waals surface area contributed by atoms with Crippen LogP contribution in [-0.2, 0) is 24.1 Å². The molecule has 4 aromatic carbocycles. The first kappa shape index (κ1) is 31.1. The monoisotopic (exact) mass is 629 g/mol. The lowest BCUT2D eigenvalue weighted by Gasteiger charge is -2.22. The molecular weight excluding hydrogens is 594 g/mol. The molecule has 0 saturated carbocycles. The molecule has 2 heterocycles. The Morgan fingerprint density at radius 2 is 1.55 bits per heavy atom. The second-order valence-corrected chi connectivity index (χ2v) is 11.7. The number of carboxylic acid groups (broad SMARTS) is 1. The van der Waals surface area contributed by atoms with E-state index < -0.39 is 24.1 Å². The Hall–Kier alpha value is -5.90. The largest absolute Gasteiger partial charge is 0.508 e. The zero-order valence-corrected chi connectivity index (χ0v) is 26.0. The summed E-state index contributed by atoms with van der Waals surface area (Å²) in [6, 6.07) is 27.4. The quantitative estimate of drug-likeness (QED) is 0.111. The SMILES string of the molecule is Cc1cc(O)cc(C)c1CC(NC(=O)O)C(=O)N[C@@H](Cc1c[nH]c2ccccc12)c1nc(Cc2ccc(-c3ccccc3)cc2)no1. The minimum atomic E-state index is -1.33. The van der Waals surface area contributed by atoms with E-state index in [1.165, 1.54) is 0 Å². The Balaban J connectivity index is 1.26. The maximum absolute atomic E-state index is 13.8. The number of para-hydroxylation sites is 1. The smallest absolute Gasteiger partial charge is 0.405 e. The van der Waals surface area contributed by atoms with Crippen molar-refractivity contribution in [2.24, 2.45) is 0 Å². The minimum Gasteiger partial charge on any atom is -0.508 e. The van der Waals surface area contributed by atoms with Gasteiger partial charge in [-0.1, -0.05) is 78.0 Å². The van der Waals surface area contributed by atoms with Gasteiger partial charge in [0.25, 0.3) is 0 Å². The summed E-state index contributed by atoms with van der Waals surface area (Å²) in [6.45, 7) is 3.62. The van der Waals surface area contributed by atoms with Crippen LogP contribution in [0.1, 0.15) is 45.6 Å². The Labute approximate surface area is 271 Å². The lowest BCUT2D eigenvalue weighted by atomic mass is 9.95. The number of nitrogens with one attached hydrogen (secondary N) is 3. The van der Waals surface area contributed by atoms with Crippen molar-refractivity contribution in [1.82, 2.24) is 25.8 Å². The number of aromatic hydroxyl groups is 1. The molecule has 2 aromatic heterocycles. The van der Waals surface area contributed by atoms with Gasteiger partial charge in [-0.25, -0.2) is 4.79 Å². The Kier molecular flexibility index (Phi) is 9.01. The molecule has 0 aliphatic heterocycles. The molecule has 0 radical (unpaired) electrons. The Morgan fingerprint density at radius 3 is 2.28 bits per heavy atom. The van der Waals surface area contributed by atoms with E-state index >= 15 is 0 Å². The third-order valence-corrected chi connectivity index (χ3v) is 8.32. The summed E-state index contributed by atoms with van der Waals surface area (Å²) in [4.78, 5) is 33.5. The van der Waals surface area contributed by atoms with Crippen LogP contribution in [0, 0.1) is 13.8 Å². The first-order valence-electron chi connectivity index (χ1n) is 15.3. The second-order valence-electron chi connectivity index (χ2n) is 11.7. The van der Waals surface area contributed by atoms with Crippen molar-refractivity contribution in [2.45, 2.75) is 45.2 Å². The summed E-state index contributed by atoms with van der Waals surface area (Å²) in [6.07, 6.45) is 1.38. The second kappa shape index (κ2) is 13.6. The number of nitrogens with zero attached hydrogens (tertiary/aromatic N) is 2. The van der Waals surface area contributed by atoms with Gasteiger partial charge < -0.3 is 30.4 Å². The fraction of sp³-hybridized carbons (Fsp3) is 0.189. The molecule has 5 N–H and O–H groups in total. The first-order valence-corrected chi connectivity index (χ1v) is 15.3. The van der Waals surface area contributed by atoms with E-state index in [2.05, 4.69) is 50.0 Å². The van der Waals surface area contributed by atoms with Crippen LogP contribution in [0.5, 0.6) is 5.75 Å². The number of carbonyl (C=O) groups excluding carboxylic acids is 1. The van der Waals surface area contributed by atoms with Crippen molar-refractivity contribution in [3.05, 3.63) is 137 Å². The van der Waals surface area contributed by atoms with Crippen molar-refractivity contribution in [2.75, 3.05) is 0 Å². The van der Waals surface area contributed by atoms with Gasteiger partial charge >= 0.3 is 6.09 Å². The molecule has 1 unspecified atom stereocenters.